The number of hydrogen-bond donors (Lipinski definition) is 1. The number of nitrogens with one attached hydrogen (secondary N) is 1. The van der Waals surface area contributed by atoms with E-state index in [9.17, 15) is 0 Å². The molecule has 1 N–H and O–H groups in total. The van der Waals surface area contributed by atoms with Gasteiger partial charge in [0.15, 0.2) is 0 Å². The molecule has 2 nitrogen and oxygen atoms in total. The highest BCUT2D eigenvalue weighted by atomic mass is 79.9. The van der Waals surface area contributed by atoms with Crippen molar-refractivity contribution in [3.05, 3.63) is 64.1 Å². The maximum absolute atomic E-state index is 5.85. The number of benzene rings is 2. The summed E-state index contributed by atoms with van der Waals surface area (Å²) in [5.74, 6) is 0.933. The van der Waals surface area contributed by atoms with Gasteiger partial charge in [0.05, 0.1) is 0 Å². The number of ether oxygens (including phenoxy) is 1. The van der Waals surface area contributed by atoms with Crippen molar-refractivity contribution in [1.29, 1.82) is 0 Å². The number of rotatable bonds is 6. The Balaban J connectivity index is 1.56. The highest BCUT2D eigenvalue weighted by Gasteiger charge is 2.19. The zero-order chi connectivity index (χ0) is 13.8. The minimum Gasteiger partial charge on any atom is -0.489 e. The summed E-state index contributed by atoms with van der Waals surface area (Å²) in [5.41, 5.74) is 2.46. The molecule has 3 heteroatoms. The Bertz CT molecular complexity index is 563. The fourth-order valence-corrected chi connectivity index (χ4v) is 2.31. The molecule has 0 saturated heterocycles. The largest absolute Gasteiger partial charge is 0.489 e. The minimum atomic E-state index is 0.604. The van der Waals surface area contributed by atoms with Gasteiger partial charge in [-0.05, 0) is 48.2 Å². The first-order valence-corrected chi connectivity index (χ1v) is 7.78. The summed E-state index contributed by atoms with van der Waals surface area (Å²) < 4.78 is 6.94. The van der Waals surface area contributed by atoms with Crippen LogP contribution in [-0.2, 0) is 13.2 Å². The quantitative estimate of drug-likeness (QED) is 0.852. The number of hydrogen-bond acceptors (Lipinski definition) is 2. The van der Waals surface area contributed by atoms with Crippen LogP contribution in [0.5, 0.6) is 5.75 Å². The zero-order valence-electron chi connectivity index (χ0n) is 11.3. The van der Waals surface area contributed by atoms with Crippen LogP contribution in [0.4, 0.5) is 0 Å². The zero-order valence-corrected chi connectivity index (χ0v) is 12.9. The molecule has 104 valence electrons. The third kappa shape index (κ3) is 4.09. The Morgan fingerprint density at radius 1 is 1.05 bits per heavy atom. The minimum absolute atomic E-state index is 0.604. The van der Waals surface area contributed by atoms with Gasteiger partial charge in [-0.3, -0.25) is 0 Å². The lowest BCUT2D eigenvalue weighted by Crippen LogP contribution is -2.15. The summed E-state index contributed by atoms with van der Waals surface area (Å²) in [6.07, 6.45) is 2.64. The smallest absolute Gasteiger partial charge is 0.120 e. The molecule has 0 aromatic heterocycles. The van der Waals surface area contributed by atoms with Gasteiger partial charge in [-0.1, -0.05) is 40.2 Å². The maximum Gasteiger partial charge on any atom is 0.120 e. The summed E-state index contributed by atoms with van der Waals surface area (Å²) in [6.45, 7) is 1.53. The van der Waals surface area contributed by atoms with Crippen LogP contribution in [0.1, 0.15) is 24.0 Å². The van der Waals surface area contributed by atoms with Crippen molar-refractivity contribution in [3.63, 3.8) is 0 Å². The third-order valence-electron chi connectivity index (χ3n) is 3.39. The molecule has 0 amide bonds. The second kappa shape index (κ2) is 6.42. The molecule has 0 radical (unpaired) electrons. The van der Waals surface area contributed by atoms with E-state index in [-0.39, 0.29) is 0 Å². The van der Waals surface area contributed by atoms with Crippen LogP contribution in [0.3, 0.4) is 0 Å². The Kier molecular flexibility index (Phi) is 4.38. The summed E-state index contributed by atoms with van der Waals surface area (Å²) in [6, 6.07) is 17.3. The fraction of sp³-hybridized carbons (Fsp3) is 0.294. The van der Waals surface area contributed by atoms with E-state index in [0.29, 0.717) is 6.61 Å². The van der Waals surface area contributed by atoms with Crippen molar-refractivity contribution in [2.75, 3.05) is 0 Å². The van der Waals surface area contributed by atoms with Gasteiger partial charge in [-0.25, -0.2) is 0 Å². The van der Waals surface area contributed by atoms with Crippen molar-refractivity contribution < 1.29 is 4.74 Å². The second-order valence-electron chi connectivity index (χ2n) is 5.22. The Morgan fingerprint density at radius 3 is 2.60 bits per heavy atom. The van der Waals surface area contributed by atoms with Crippen LogP contribution < -0.4 is 10.1 Å². The van der Waals surface area contributed by atoms with E-state index in [0.717, 1.165) is 22.8 Å². The third-order valence-corrected chi connectivity index (χ3v) is 3.92. The normalized spacial score (nSPS) is 14.2. The van der Waals surface area contributed by atoms with Crippen LogP contribution >= 0.6 is 15.9 Å². The highest BCUT2D eigenvalue weighted by Crippen LogP contribution is 2.21. The van der Waals surface area contributed by atoms with Gasteiger partial charge in [-0.15, -0.1) is 0 Å². The Labute approximate surface area is 128 Å². The molecule has 0 bridgehead atoms. The molecule has 0 aliphatic heterocycles. The average Bonchev–Trinajstić information content (AvgIpc) is 3.29. The molecule has 2 aromatic rings. The van der Waals surface area contributed by atoms with Crippen molar-refractivity contribution >= 4 is 15.9 Å². The van der Waals surface area contributed by atoms with E-state index in [1.807, 2.05) is 18.2 Å². The first kappa shape index (κ1) is 13.7. The molecule has 20 heavy (non-hydrogen) atoms. The van der Waals surface area contributed by atoms with Gasteiger partial charge in [0.25, 0.3) is 0 Å². The van der Waals surface area contributed by atoms with Gasteiger partial charge in [0.2, 0.25) is 0 Å². The first-order valence-electron chi connectivity index (χ1n) is 6.99. The van der Waals surface area contributed by atoms with Crippen LogP contribution in [0.2, 0.25) is 0 Å². The standard InChI is InChI=1S/C17H18BrNO/c18-15-6-4-13(5-7-15)12-20-17-3-1-2-14(10-17)11-19-16-8-9-16/h1-7,10,16,19H,8-9,11-12H2. The molecule has 0 spiro atoms. The van der Waals surface area contributed by atoms with E-state index < -0.39 is 0 Å². The van der Waals surface area contributed by atoms with E-state index in [4.69, 9.17) is 4.74 Å². The molecule has 1 aliphatic carbocycles. The van der Waals surface area contributed by atoms with E-state index in [1.54, 1.807) is 0 Å². The van der Waals surface area contributed by atoms with Gasteiger partial charge in [-0.2, -0.15) is 0 Å². The van der Waals surface area contributed by atoms with Crippen molar-refractivity contribution in [1.82, 2.24) is 5.32 Å². The van der Waals surface area contributed by atoms with Crippen LogP contribution in [0, 0.1) is 0 Å². The molecule has 0 unspecified atom stereocenters. The summed E-state index contributed by atoms with van der Waals surface area (Å²) in [7, 11) is 0. The fourth-order valence-electron chi connectivity index (χ4n) is 2.04. The predicted molar refractivity (Wildman–Crippen MR) is 84.8 cm³/mol. The van der Waals surface area contributed by atoms with Crippen molar-refractivity contribution in [2.24, 2.45) is 0 Å². The molecular formula is C17H18BrNO. The van der Waals surface area contributed by atoms with Crippen LogP contribution in [0.25, 0.3) is 0 Å². The molecule has 0 heterocycles. The lowest BCUT2D eigenvalue weighted by atomic mass is 10.2. The highest BCUT2D eigenvalue weighted by molar-refractivity contribution is 9.10. The van der Waals surface area contributed by atoms with E-state index in [1.165, 1.54) is 24.0 Å². The molecule has 2 aromatic carbocycles. The van der Waals surface area contributed by atoms with Crippen LogP contribution in [-0.4, -0.2) is 6.04 Å². The van der Waals surface area contributed by atoms with E-state index in [2.05, 4.69) is 51.6 Å². The molecule has 0 atom stereocenters. The van der Waals surface area contributed by atoms with Gasteiger partial charge in [0, 0.05) is 17.1 Å². The van der Waals surface area contributed by atoms with Gasteiger partial charge in [0.1, 0.15) is 12.4 Å². The summed E-state index contributed by atoms with van der Waals surface area (Å²) in [5, 5.41) is 3.52. The van der Waals surface area contributed by atoms with Crippen molar-refractivity contribution in [3.8, 4) is 5.75 Å². The molecular weight excluding hydrogens is 314 g/mol. The summed E-state index contributed by atoms with van der Waals surface area (Å²) >= 11 is 3.44. The molecule has 1 aliphatic rings. The average molecular weight is 332 g/mol. The number of halogens is 1. The first-order chi connectivity index (χ1) is 9.79. The SMILES string of the molecule is Brc1ccc(COc2cccc(CNC3CC3)c2)cc1. The molecule has 1 saturated carbocycles. The predicted octanol–water partition coefficient (Wildman–Crippen LogP) is 4.28. The Hall–Kier alpha value is -1.32. The topological polar surface area (TPSA) is 21.3 Å². The van der Waals surface area contributed by atoms with E-state index >= 15 is 0 Å². The van der Waals surface area contributed by atoms with Gasteiger partial charge >= 0.3 is 0 Å². The molecule has 3 rings (SSSR count). The van der Waals surface area contributed by atoms with Gasteiger partial charge < -0.3 is 10.1 Å². The maximum atomic E-state index is 5.85. The van der Waals surface area contributed by atoms with Crippen LogP contribution in [0.15, 0.2) is 53.0 Å². The second-order valence-corrected chi connectivity index (χ2v) is 6.13. The summed E-state index contributed by atoms with van der Waals surface area (Å²) in [4.78, 5) is 0. The lowest BCUT2D eigenvalue weighted by molar-refractivity contribution is 0.306. The Morgan fingerprint density at radius 2 is 1.85 bits per heavy atom. The lowest BCUT2D eigenvalue weighted by Gasteiger charge is -2.09. The van der Waals surface area contributed by atoms with Crippen molar-refractivity contribution in [2.45, 2.75) is 32.0 Å². The molecule has 1 fully saturated rings. The monoisotopic (exact) mass is 331 g/mol.